The number of hydrogen-bond acceptors (Lipinski definition) is 3. The van der Waals surface area contributed by atoms with E-state index in [2.05, 4.69) is 10.3 Å². The van der Waals surface area contributed by atoms with Crippen LogP contribution in [-0.2, 0) is 4.79 Å². The second-order valence-corrected chi connectivity index (χ2v) is 5.52. The number of carboxylic acid groups (broad SMARTS) is 1. The standard InChI is InChI=1S/C15H17ClN2O2/c1-9(2)8-18-14(15(19)20)11-5-6-12(16)10-4-3-7-17-13(10)11/h3-7,9,14,18H,8H2,1-2H3,(H,19,20). The minimum atomic E-state index is -0.917. The molecule has 1 aromatic heterocycles. The van der Waals surface area contributed by atoms with Gasteiger partial charge in [-0.15, -0.1) is 0 Å². The fourth-order valence-electron chi connectivity index (χ4n) is 2.08. The van der Waals surface area contributed by atoms with Crippen molar-refractivity contribution in [2.45, 2.75) is 19.9 Å². The van der Waals surface area contributed by atoms with Crippen LogP contribution in [0.5, 0.6) is 0 Å². The minimum absolute atomic E-state index is 0.364. The van der Waals surface area contributed by atoms with Gasteiger partial charge in [0.1, 0.15) is 6.04 Å². The molecule has 0 fully saturated rings. The predicted molar refractivity (Wildman–Crippen MR) is 80.0 cm³/mol. The Bertz CT molecular complexity index is 628. The average molecular weight is 293 g/mol. The molecule has 0 amide bonds. The van der Waals surface area contributed by atoms with Gasteiger partial charge in [-0.05, 0) is 30.7 Å². The van der Waals surface area contributed by atoms with Crippen molar-refractivity contribution < 1.29 is 9.90 Å². The highest BCUT2D eigenvalue weighted by molar-refractivity contribution is 6.35. The number of aromatic nitrogens is 1. The van der Waals surface area contributed by atoms with Crippen molar-refractivity contribution in [2.75, 3.05) is 6.54 Å². The molecule has 0 aliphatic rings. The second kappa shape index (κ2) is 6.20. The van der Waals surface area contributed by atoms with E-state index in [-0.39, 0.29) is 0 Å². The molecular weight excluding hydrogens is 276 g/mol. The normalized spacial score (nSPS) is 12.8. The monoisotopic (exact) mass is 292 g/mol. The summed E-state index contributed by atoms with van der Waals surface area (Å²) in [4.78, 5) is 15.8. The molecule has 1 atom stereocenters. The lowest BCUT2D eigenvalue weighted by Gasteiger charge is -2.18. The summed E-state index contributed by atoms with van der Waals surface area (Å²) in [7, 11) is 0. The number of pyridine rings is 1. The van der Waals surface area contributed by atoms with Crippen LogP contribution in [0.15, 0.2) is 30.5 Å². The molecule has 1 unspecified atom stereocenters. The van der Waals surface area contributed by atoms with E-state index in [9.17, 15) is 9.90 Å². The zero-order valence-electron chi connectivity index (χ0n) is 11.4. The highest BCUT2D eigenvalue weighted by Gasteiger charge is 2.22. The van der Waals surface area contributed by atoms with Gasteiger partial charge in [0, 0.05) is 22.2 Å². The number of fused-ring (bicyclic) bond motifs is 1. The van der Waals surface area contributed by atoms with Gasteiger partial charge in [0.05, 0.1) is 5.52 Å². The summed E-state index contributed by atoms with van der Waals surface area (Å²) in [5.74, 6) is -0.553. The van der Waals surface area contributed by atoms with Crippen molar-refractivity contribution in [2.24, 2.45) is 5.92 Å². The molecule has 2 aromatic rings. The first kappa shape index (κ1) is 14.8. The Kier molecular flexibility index (Phi) is 4.57. The highest BCUT2D eigenvalue weighted by Crippen LogP contribution is 2.28. The molecule has 4 nitrogen and oxygen atoms in total. The van der Waals surface area contributed by atoms with Crippen LogP contribution >= 0.6 is 11.6 Å². The van der Waals surface area contributed by atoms with Gasteiger partial charge in [-0.25, -0.2) is 0 Å². The van der Waals surface area contributed by atoms with Crippen LogP contribution < -0.4 is 5.32 Å². The Morgan fingerprint density at radius 3 is 2.80 bits per heavy atom. The van der Waals surface area contributed by atoms with Gasteiger partial charge in [0.25, 0.3) is 0 Å². The lowest BCUT2D eigenvalue weighted by molar-refractivity contribution is -0.139. The Labute approximate surface area is 122 Å². The summed E-state index contributed by atoms with van der Waals surface area (Å²) in [6.07, 6.45) is 1.64. The Morgan fingerprint density at radius 1 is 1.40 bits per heavy atom. The quantitative estimate of drug-likeness (QED) is 0.888. The lowest BCUT2D eigenvalue weighted by Crippen LogP contribution is -2.31. The van der Waals surface area contributed by atoms with Crippen molar-refractivity contribution >= 4 is 28.5 Å². The third-order valence-corrected chi connectivity index (χ3v) is 3.37. The van der Waals surface area contributed by atoms with Gasteiger partial charge >= 0.3 is 5.97 Å². The third-order valence-electron chi connectivity index (χ3n) is 3.04. The molecule has 0 spiro atoms. The molecule has 0 aliphatic heterocycles. The van der Waals surface area contributed by atoms with Crippen LogP contribution in [0.4, 0.5) is 0 Å². The van der Waals surface area contributed by atoms with E-state index in [0.717, 1.165) is 5.39 Å². The van der Waals surface area contributed by atoms with Crippen molar-refractivity contribution in [1.29, 1.82) is 0 Å². The molecule has 1 aromatic carbocycles. The maximum absolute atomic E-state index is 11.5. The van der Waals surface area contributed by atoms with Crippen LogP contribution in [0.2, 0.25) is 5.02 Å². The van der Waals surface area contributed by atoms with E-state index >= 15 is 0 Å². The zero-order valence-corrected chi connectivity index (χ0v) is 12.2. The highest BCUT2D eigenvalue weighted by atomic mass is 35.5. The number of carbonyl (C=O) groups is 1. The maximum atomic E-state index is 11.5. The van der Waals surface area contributed by atoms with Crippen molar-refractivity contribution in [1.82, 2.24) is 10.3 Å². The van der Waals surface area contributed by atoms with Gasteiger partial charge in [0.2, 0.25) is 0 Å². The Hall–Kier alpha value is -1.65. The summed E-state index contributed by atoms with van der Waals surface area (Å²) in [5, 5.41) is 13.9. The summed E-state index contributed by atoms with van der Waals surface area (Å²) in [6, 6.07) is 6.29. The topological polar surface area (TPSA) is 62.2 Å². The molecule has 106 valence electrons. The number of nitrogens with one attached hydrogen (secondary N) is 1. The van der Waals surface area contributed by atoms with Crippen molar-refractivity contribution in [3.63, 3.8) is 0 Å². The van der Waals surface area contributed by atoms with E-state index in [1.165, 1.54) is 0 Å². The van der Waals surface area contributed by atoms with Gasteiger partial charge in [0.15, 0.2) is 0 Å². The number of rotatable bonds is 5. The van der Waals surface area contributed by atoms with Crippen molar-refractivity contribution in [3.05, 3.63) is 41.0 Å². The van der Waals surface area contributed by atoms with E-state index in [1.54, 1.807) is 24.4 Å². The molecule has 2 N–H and O–H groups in total. The van der Waals surface area contributed by atoms with E-state index in [4.69, 9.17) is 11.6 Å². The van der Waals surface area contributed by atoms with E-state index in [1.807, 2.05) is 19.9 Å². The first-order chi connectivity index (χ1) is 9.50. The zero-order chi connectivity index (χ0) is 14.7. The molecule has 20 heavy (non-hydrogen) atoms. The van der Waals surface area contributed by atoms with Gasteiger partial charge in [-0.2, -0.15) is 0 Å². The fourth-order valence-corrected chi connectivity index (χ4v) is 2.29. The number of carboxylic acids is 1. The largest absolute Gasteiger partial charge is 0.480 e. The maximum Gasteiger partial charge on any atom is 0.325 e. The van der Waals surface area contributed by atoms with Gasteiger partial charge in [-0.3, -0.25) is 9.78 Å². The predicted octanol–water partition coefficient (Wildman–Crippen LogP) is 3.26. The van der Waals surface area contributed by atoms with Crippen LogP contribution in [0.3, 0.4) is 0 Å². The molecule has 0 aliphatic carbocycles. The smallest absolute Gasteiger partial charge is 0.325 e. The third kappa shape index (κ3) is 3.08. The Morgan fingerprint density at radius 2 is 2.15 bits per heavy atom. The fraction of sp³-hybridized carbons (Fsp3) is 0.333. The molecule has 0 bridgehead atoms. The van der Waals surface area contributed by atoms with Crippen LogP contribution in [0.25, 0.3) is 10.9 Å². The number of benzene rings is 1. The van der Waals surface area contributed by atoms with Gasteiger partial charge in [-0.1, -0.05) is 31.5 Å². The molecule has 5 heteroatoms. The molecule has 0 saturated heterocycles. The first-order valence-electron chi connectivity index (χ1n) is 6.50. The Balaban J connectivity index is 2.48. The van der Waals surface area contributed by atoms with E-state index in [0.29, 0.717) is 28.6 Å². The molecule has 1 heterocycles. The number of aliphatic carboxylic acids is 1. The number of nitrogens with zero attached hydrogens (tertiary/aromatic N) is 1. The van der Waals surface area contributed by atoms with Crippen LogP contribution in [0, 0.1) is 5.92 Å². The summed E-state index contributed by atoms with van der Waals surface area (Å²) in [6.45, 7) is 4.68. The van der Waals surface area contributed by atoms with Crippen LogP contribution in [0.1, 0.15) is 25.5 Å². The minimum Gasteiger partial charge on any atom is -0.480 e. The lowest BCUT2D eigenvalue weighted by atomic mass is 10.0. The average Bonchev–Trinajstić information content (AvgIpc) is 2.41. The summed E-state index contributed by atoms with van der Waals surface area (Å²) >= 11 is 6.13. The van der Waals surface area contributed by atoms with E-state index < -0.39 is 12.0 Å². The SMILES string of the molecule is CC(C)CNC(C(=O)O)c1ccc(Cl)c2cccnc12. The molecule has 2 rings (SSSR count). The molecular formula is C15H17ClN2O2. The van der Waals surface area contributed by atoms with Crippen LogP contribution in [-0.4, -0.2) is 22.6 Å². The first-order valence-corrected chi connectivity index (χ1v) is 6.88. The second-order valence-electron chi connectivity index (χ2n) is 5.11. The molecule has 0 saturated carbocycles. The number of halogens is 1. The van der Waals surface area contributed by atoms with Crippen molar-refractivity contribution in [3.8, 4) is 0 Å². The number of hydrogen-bond donors (Lipinski definition) is 2. The summed E-state index contributed by atoms with van der Waals surface area (Å²) < 4.78 is 0. The summed E-state index contributed by atoms with van der Waals surface area (Å²) in [5.41, 5.74) is 1.27. The molecule has 0 radical (unpaired) electrons. The van der Waals surface area contributed by atoms with Gasteiger partial charge < -0.3 is 10.4 Å².